The first-order chi connectivity index (χ1) is 12.5. The Morgan fingerprint density at radius 2 is 2.00 bits per heavy atom. The Morgan fingerprint density at radius 1 is 1.15 bits per heavy atom. The molecule has 1 unspecified atom stereocenters. The van der Waals surface area contributed by atoms with E-state index in [-0.39, 0.29) is 11.8 Å². The van der Waals surface area contributed by atoms with Crippen LogP contribution in [0.15, 0.2) is 48.5 Å². The molecular formula is C19H19FN2O2S2. The number of hydrogen-bond acceptors (Lipinski definition) is 4. The van der Waals surface area contributed by atoms with E-state index in [4.69, 9.17) is 0 Å². The van der Waals surface area contributed by atoms with Crippen molar-refractivity contribution >= 4 is 31.6 Å². The summed E-state index contributed by atoms with van der Waals surface area (Å²) in [6.07, 6.45) is 2.58. The zero-order chi connectivity index (χ0) is 18.1. The van der Waals surface area contributed by atoms with Crippen molar-refractivity contribution in [2.24, 2.45) is 0 Å². The molecule has 0 amide bonds. The van der Waals surface area contributed by atoms with Crippen LogP contribution >= 0.6 is 11.3 Å². The summed E-state index contributed by atoms with van der Waals surface area (Å²) < 4.78 is 42.2. The first-order valence-electron chi connectivity index (χ1n) is 8.62. The van der Waals surface area contributed by atoms with Crippen molar-refractivity contribution < 1.29 is 12.8 Å². The lowest BCUT2D eigenvalue weighted by Crippen LogP contribution is -2.39. The largest absolute Gasteiger partial charge is 0.239 e. The minimum absolute atomic E-state index is 0.188. The second-order valence-electron chi connectivity index (χ2n) is 6.53. The Balaban J connectivity index is 1.66. The molecule has 1 saturated heterocycles. The van der Waals surface area contributed by atoms with Gasteiger partial charge in [0.25, 0.3) is 0 Å². The SMILES string of the molecule is O=S(=O)(Cc1cccc(F)c1)N1CCCCC1c1nc2ccccc2s1. The quantitative estimate of drug-likeness (QED) is 0.659. The number of nitrogens with zero attached hydrogens (tertiary/aromatic N) is 2. The summed E-state index contributed by atoms with van der Waals surface area (Å²) >= 11 is 1.56. The fourth-order valence-electron chi connectivity index (χ4n) is 3.44. The van der Waals surface area contributed by atoms with Gasteiger partial charge in [0.2, 0.25) is 10.0 Å². The number of hydrogen-bond donors (Lipinski definition) is 0. The minimum atomic E-state index is -3.55. The third-order valence-electron chi connectivity index (χ3n) is 4.64. The fourth-order valence-corrected chi connectivity index (χ4v) is 6.39. The van der Waals surface area contributed by atoms with E-state index in [0.717, 1.165) is 34.5 Å². The van der Waals surface area contributed by atoms with Crippen LogP contribution in [0, 0.1) is 5.82 Å². The Labute approximate surface area is 156 Å². The summed E-state index contributed by atoms with van der Waals surface area (Å²) in [6, 6.07) is 13.4. The van der Waals surface area contributed by atoms with Crippen LogP contribution in [-0.4, -0.2) is 24.3 Å². The Hall–Kier alpha value is -1.83. The van der Waals surface area contributed by atoms with Crippen molar-refractivity contribution in [1.82, 2.24) is 9.29 Å². The number of fused-ring (bicyclic) bond motifs is 1. The van der Waals surface area contributed by atoms with E-state index in [1.165, 1.54) is 12.1 Å². The Kier molecular flexibility index (Phi) is 4.77. The number of sulfonamides is 1. The van der Waals surface area contributed by atoms with Gasteiger partial charge < -0.3 is 0 Å². The highest BCUT2D eigenvalue weighted by atomic mass is 32.2. The Morgan fingerprint density at radius 3 is 2.81 bits per heavy atom. The minimum Gasteiger partial charge on any atom is -0.239 e. The highest BCUT2D eigenvalue weighted by molar-refractivity contribution is 7.88. The van der Waals surface area contributed by atoms with Crippen molar-refractivity contribution in [3.63, 3.8) is 0 Å². The maximum absolute atomic E-state index is 13.4. The highest BCUT2D eigenvalue weighted by Crippen LogP contribution is 2.37. The molecule has 2 heterocycles. The molecule has 4 rings (SSSR count). The molecule has 0 N–H and O–H groups in total. The van der Waals surface area contributed by atoms with Crippen molar-refractivity contribution in [2.45, 2.75) is 31.1 Å². The topological polar surface area (TPSA) is 50.3 Å². The molecule has 1 atom stereocenters. The first-order valence-corrected chi connectivity index (χ1v) is 11.0. The van der Waals surface area contributed by atoms with Gasteiger partial charge in [-0.15, -0.1) is 11.3 Å². The monoisotopic (exact) mass is 390 g/mol. The van der Waals surface area contributed by atoms with Crippen LogP contribution in [0.1, 0.15) is 35.9 Å². The fraction of sp³-hybridized carbons (Fsp3) is 0.316. The molecule has 0 spiro atoms. The van der Waals surface area contributed by atoms with E-state index < -0.39 is 15.8 Å². The third-order valence-corrected chi connectivity index (χ3v) is 7.63. The lowest BCUT2D eigenvalue weighted by atomic mass is 10.1. The van der Waals surface area contributed by atoms with Gasteiger partial charge in [0, 0.05) is 6.54 Å². The van der Waals surface area contributed by atoms with Crippen LogP contribution in [0.25, 0.3) is 10.2 Å². The number of piperidine rings is 1. The zero-order valence-electron chi connectivity index (χ0n) is 14.1. The number of thiazole rings is 1. The lowest BCUT2D eigenvalue weighted by molar-refractivity contribution is 0.255. The van der Waals surface area contributed by atoms with E-state index in [9.17, 15) is 12.8 Å². The molecule has 1 aliphatic rings. The molecule has 0 saturated carbocycles. The summed E-state index contributed by atoms with van der Waals surface area (Å²) in [5.41, 5.74) is 1.37. The van der Waals surface area contributed by atoms with Crippen molar-refractivity contribution in [3.05, 3.63) is 64.9 Å². The van der Waals surface area contributed by atoms with E-state index in [2.05, 4.69) is 4.98 Å². The van der Waals surface area contributed by atoms with Crippen molar-refractivity contribution in [3.8, 4) is 0 Å². The van der Waals surface area contributed by atoms with Gasteiger partial charge >= 0.3 is 0 Å². The van der Waals surface area contributed by atoms with Crippen LogP contribution < -0.4 is 0 Å². The molecule has 26 heavy (non-hydrogen) atoms. The van der Waals surface area contributed by atoms with Gasteiger partial charge in [-0.2, -0.15) is 4.31 Å². The predicted octanol–water partition coefficient (Wildman–Crippen LogP) is 4.49. The molecule has 136 valence electrons. The number of benzene rings is 2. The van der Waals surface area contributed by atoms with Crippen LogP contribution in [0.3, 0.4) is 0 Å². The molecule has 2 aromatic carbocycles. The molecule has 1 aliphatic heterocycles. The average Bonchev–Trinajstić information content (AvgIpc) is 3.05. The van der Waals surface area contributed by atoms with Gasteiger partial charge in [0.05, 0.1) is 22.0 Å². The van der Waals surface area contributed by atoms with Crippen LogP contribution in [-0.2, 0) is 15.8 Å². The predicted molar refractivity (Wildman–Crippen MR) is 102 cm³/mol. The summed E-state index contributed by atoms with van der Waals surface area (Å²) in [6.45, 7) is 0.484. The van der Waals surface area contributed by atoms with E-state index in [1.807, 2.05) is 24.3 Å². The normalized spacial score (nSPS) is 19.0. The van der Waals surface area contributed by atoms with Gasteiger partial charge in [0.15, 0.2) is 0 Å². The number of halogens is 1. The van der Waals surface area contributed by atoms with Gasteiger partial charge in [-0.05, 0) is 42.7 Å². The number of para-hydroxylation sites is 1. The maximum Gasteiger partial charge on any atom is 0.218 e. The summed E-state index contributed by atoms with van der Waals surface area (Å²) in [7, 11) is -3.55. The zero-order valence-corrected chi connectivity index (χ0v) is 15.8. The average molecular weight is 391 g/mol. The smallest absolute Gasteiger partial charge is 0.218 e. The molecule has 7 heteroatoms. The van der Waals surface area contributed by atoms with Crippen LogP contribution in [0.2, 0.25) is 0 Å². The van der Waals surface area contributed by atoms with Gasteiger partial charge in [-0.25, -0.2) is 17.8 Å². The second-order valence-corrected chi connectivity index (χ2v) is 9.51. The molecule has 1 fully saturated rings. The summed E-state index contributed by atoms with van der Waals surface area (Å²) in [4.78, 5) is 4.67. The van der Waals surface area contributed by atoms with E-state index in [0.29, 0.717) is 12.1 Å². The summed E-state index contributed by atoms with van der Waals surface area (Å²) in [5.74, 6) is -0.606. The second kappa shape index (κ2) is 7.06. The number of rotatable bonds is 4. The molecular weight excluding hydrogens is 371 g/mol. The standard InChI is InChI=1S/C19H19FN2O2S2/c20-15-7-5-6-14(12-15)13-26(23,24)22-11-4-3-9-17(22)19-21-16-8-1-2-10-18(16)25-19/h1-2,5-8,10,12,17H,3-4,9,11,13H2. The van der Waals surface area contributed by atoms with Crippen molar-refractivity contribution in [2.75, 3.05) is 6.54 Å². The van der Waals surface area contributed by atoms with Crippen LogP contribution in [0.5, 0.6) is 0 Å². The highest BCUT2D eigenvalue weighted by Gasteiger charge is 2.35. The van der Waals surface area contributed by atoms with Gasteiger partial charge in [0.1, 0.15) is 10.8 Å². The first kappa shape index (κ1) is 17.6. The molecule has 3 aromatic rings. The molecule has 1 aromatic heterocycles. The van der Waals surface area contributed by atoms with Gasteiger partial charge in [-0.3, -0.25) is 0 Å². The van der Waals surface area contributed by atoms with Crippen LogP contribution in [0.4, 0.5) is 4.39 Å². The molecule has 0 bridgehead atoms. The summed E-state index contributed by atoms with van der Waals surface area (Å²) in [5, 5.41) is 0.841. The third kappa shape index (κ3) is 3.51. The van der Waals surface area contributed by atoms with E-state index in [1.54, 1.807) is 27.8 Å². The lowest BCUT2D eigenvalue weighted by Gasteiger charge is -2.33. The van der Waals surface area contributed by atoms with Crippen molar-refractivity contribution in [1.29, 1.82) is 0 Å². The molecule has 0 aliphatic carbocycles. The maximum atomic E-state index is 13.4. The molecule has 4 nitrogen and oxygen atoms in total. The van der Waals surface area contributed by atoms with Gasteiger partial charge in [-0.1, -0.05) is 30.7 Å². The van der Waals surface area contributed by atoms with E-state index >= 15 is 0 Å². The molecule has 0 radical (unpaired) electrons. The number of aromatic nitrogens is 1. The Bertz CT molecular complexity index is 1000.